The quantitative estimate of drug-likeness (QED) is 0.856. The summed E-state index contributed by atoms with van der Waals surface area (Å²) in [6.45, 7) is 2.97. The van der Waals surface area contributed by atoms with Crippen LogP contribution in [0.5, 0.6) is 11.5 Å². The summed E-state index contributed by atoms with van der Waals surface area (Å²) in [6, 6.07) is 13.1. The van der Waals surface area contributed by atoms with E-state index in [2.05, 4.69) is 5.32 Å². The number of hydrogen-bond acceptors (Lipinski definition) is 4. The number of halogens is 1. The summed E-state index contributed by atoms with van der Waals surface area (Å²) in [5.74, 6) is 2.10. The molecule has 6 heteroatoms. The van der Waals surface area contributed by atoms with Crippen LogP contribution < -0.4 is 14.8 Å². The number of fused-ring (bicyclic) bond motifs is 1. The number of nitrogens with one attached hydrogen (secondary N) is 1. The van der Waals surface area contributed by atoms with E-state index in [0.29, 0.717) is 35.4 Å². The lowest BCUT2D eigenvalue weighted by Gasteiger charge is -2.19. The molecule has 2 aromatic carbocycles. The number of anilines is 1. The second-order valence-electron chi connectivity index (χ2n) is 5.43. The molecule has 1 aliphatic rings. The molecule has 0 saturated heterocycles. The van der Waals surface area contributed by atoms with Crippen molar-refractivity contribution in [2.24, 2.45) is 0 Å². The van der Waals surface area contributed by atoms with Gasteiger partial charge < -0.3 is 14.8 Å². The lowest BCUT2D eigenvalue weighted by atomic mass is 10.2. The summed E-state index contributed by atoms with van der Waals surface area (Å²) >= 11 is 7.46. The van der Waals surface area contributed by atoms with Crippen LogP contribution in [0.25, 0.3) is 0 Å². The van der Waals surface area contributed by atoms with Gasteiger partial charge in [-0.3, -0.25) is 4.79 Å². The van der Waals surface area contributed by atoms with Gasteiger partial charge in [0.05, 0.1) is 5.25 Å². The minimum atomic E-state index is -0.172. The second-order valence-corrected chi connectivity index (χ2v) is 7.19. The Morgan fingerprint density at radius 3 is 2.62 bits per heavy atom. The molecule has 1 unspecified atom stereocenters. The van der Waals surface area contributed by atoms with Gasteiger partial charge in [-0.1, -0.05) is 23.7 Å². The Morgan fingerprint density at radius 2 is 1.88 bits per heavy atom. The zero-order chi connectivity index (χ0) is 16.9. The van der Waals surface area contributed by atoms with E-state index in [1.165, 1.54) is 0 Å². The molecule has 1 N–H and O–H groups in total. The maximum absolute atomic E-state index is 12.3. The first-order valence-electron chi connectivity index (χ1n) is 7.68. The van der Waals surface area contributed by atoms with Crippen LogP contribution in [-0.2, 0) is 10.5 Å². The van der Waals surface area contributed by atoms with E-state index in [0.717, 1.165) is 11.3 Å². The van der Waals surface area contributed by atoms with Crippen molar-refractivity contribution in [1.29, 1.82) is 0 Å². The number of carbonyl (C=O) groups excluding carboxylic acids is 1. The molecule has 0 bridgehead atoms. The van der Waals surface area contributed by atoms with E-state index < -0.39 is 0 Å². The van der Waals surface area contributed by atoms with Crippen molar-refractivity contribution in [3.63, 3.8) is 0 Å². The van der Waals surface area contributed by atoms with Crippen molar-refractivity contribution < 1.29 is 14.3 Å². The smallest absolute Gasteiger partial charge is 0.237 e. The third-order valence-electron chi connectivity index (χ3n) is 3.59. The average Bonchev–Trinajstić information content (AvgIpc) is 2.61. The summed E-state index contributed by atoms with van der Waals surface area (Å²) in [7, 11) is 0. The van der Waals surface area contributed by atoms with Gasteiger partial charge in [-0.25, -0.2) is 0 Å². The minimum absolute atomic E-state index is 0.0364. The summed E-state index contributed by atoms with van der Waals surface area (Å²) < 4.78 is 11.0. The number of carbonyl (C=O) groups is 1. The highest BCUT2D eigenvalue weighted by Crippen LogP contribution is 2.32. The van der Waals surface area contributed by atoms with Crippen LogP contribution in [0.3, 0.4) is 0 Å². The second kappa shape index (κ2) is 7.81. The van der Waals surface area contributed by atoms with Crippen LogP contribution >= 0.6 is 23.4 Å². The molecule has 126 valence electrons. The van der Waals surface area contributed by atoms with Crippen LogP contribution in [-0.4, -0.2) is 24.4 Å². The summed E-state index contributed by atoms with van der Waals surface area (Å²) in [4.78, 5) is 12.3. The maximum atomic E-state index is 12.3. The lowest BCUT2D eigenvalue weighted by Crippen LogP contribution is -2.23. The predicted octanol–water partition coefficient (Wildman–Crippen LogP) is 4.37. The summed E-state index contributed by atoms with van der Waals surface area (Å²) in [6.07, 6.45) is 0. The van der Waals surface area contributed by atoms with Crippen molar-refractivity contribution >= 4 is 35.0 Å². The van der Waals surface area contributed by atoms with Crippen molar-refractivity contribution in [2.75, 3.05) is 18.5 Å². The fourth-order valence-electron chi connectivity index (χ4n) is 2.24. The van der Waals surface area contributed by atoms with Gasteiger partial charge in [-0.05, 0) is 36.8 Å². The zero-order valence-electron chi connectivity index (χ0n) is 13.3. The van der Waals surface area contributed by atoms with Crippen molar-refractivity contribution in [3.8, 4) is 11.5 Å². The molecule has 3 rings (SSSR count). The molecule has 0 fully saturated rings. The minimum Gasteiger partial charge on any atom is -0.486 e. The van der Waals surface area contributed by atoms with Crippen LogP contribution in [0.2, 0.25) is 5.02 Å². The Morgan fingerprint density at radius 1 is 1.17 bits per heavy atom. The van der Waals surface area contributed by atoms with E-state index in [1.807, 2.05) is 43.3 Å². The van der Waals surface area contributed by atoms with E-state index in [9.17, 15) is 4.79 Å². The third-order valence-corrected chi connectivity index (χ3v) is 5.06. The first-order valence-corrected chi connectivity index (χ1v) is 9.11. The van der Waals surface area contributed by atoms with Crippen LogP contribution in [0.15, 0.2) is 42.5 Å². The van der Waals surface area contributed by atoms with Gasteiger partial charge in [0.15, 0.2) is 11.5 Å². The first-order chi connectivity index (χ1) is 11.6. The SMILES string of the molecule is CC(SCc1ccc(Cl)cc1)C(=O)Nc1ccc2c(c1)OCCO2. The highest BCUT2D eigenvalue weighted by atomic mass is 35.5. The Hall–Kier alpha value is -1.85. The van der Waals surface area contributed by atoms with Gasteiger partial charge in [-0.2, -0.15) is 0 Å². The van der Waals surface area contributed by atoms with Crippen LogP contribution in [0.4, 0.5) is 5.69 Å². The van der Waals surface area contributed by atoms with Crippen molar-refractivity contribution in [2.45, 2.75) is 17.9 Å². The largest absolute Gasteiger partial charge is 0.486 e. The third kappa shape index (κ3) is 4.36. The van der Waals surface area contributed by atoms with Gasteiger partial charge in [0.25, 0.3) is 0 Å². The molecule has 1 heterocycles. The number of rotatable bonds is 5. The number of ether oxygens (including phenoxy) is 2. The predicted molar refractivity (Wildman–Crippen MR) is 98.3 cm³/mol. The Bertz CT molecular complexity index is 721. The summed E-state index contributed by atoms with van der Waals surface area (Å²) in [5, 5.41) is 3.46. The Kier molecular flexibility index (Phi) is 5.53. The van der Waals surface area contributed by atoms with E-state index in [4.69, 9.17) is 21.1 Å². The Labute approximate surface area is 150 Å². The molecule has 4 nitrogen and oxygen atoms in total. The zero-order valence-corrected chi connectivity index (χ0v) is 14.8. The summed E-state index contributed by atoms with van der Waals surface area (Å²) in [5.41, 5.74) is 1.85. The van der Waals surface area contributed by atoms with Gasteiger partial charge in [0.2, 0.25) is 5.91 Å². The molecule has 24 heavy (non-hydrogen) atoms. The number of amides is 1. The van der Waals surface area contributed by atoms with Crippen LogP contribution in [0, 0.1) is 0 Å². The molecule has 1 amide bonds. The van der Waals surface area contributed by atoms with Gasteiger partial charge >= 0.3 is 0 Å². The molecule has 0 saturated carbocycles. The number of thioether (sulfide) groups is 1. The maximum Gasteiger partial charge on any atom is 0.237 e. The first kappa shape index (κ1) is 17.0. The molecule has 0 aromatic heterocycles. The topological polar surface area (TPSA) is 47.6 Å². The fraction of sp³-hybridized carbons (Fsp3) is 0.278. The molecule has 1 aliphatic heterocycles. The standard InChI is InChI=1S/C18H18ClNO3S/c1-12(24-11-13-2-4-14(19)5-3-13)18(21)20-15-6-7-16-17(10-15)23-9-8-22-16/h2-7,10,12H,8-9,11H2,1H3,(H,20,21). The van der Waals surface area contributed by atoms with Crippen molar-refractivity contribution in [1.82, 2.24) is 0 Å². The van der Waals surface area contributed by atoms with Crippen molar-refractivity contribution in [3.05, 3.63) is 53.1 Å². The molecule has 0 aliphatic carbocycles. The molecule has 1 atom stereocenters. The Balaban J connectivity index is 1.55. The molecular weight excluding hydrogens is 346 g/mol. The van der Waals surface area contributed by atoms with Gasteiger partial charge in [0.1, 0.15) is 13.2 Å². The average molecular weight is 364 g/mol. The highest BCUT2D eigenvalue weighted by Gasteiger charge is 2.16. The number of hydrogen-bond donors (Lipinski definition) is 1. The molecular formula is C18H18ClNO3S. The van der Waals surface area contributed by atoms with E-state index in [1.54, 1.807) is 17.8 Å². The lowest BCUT2D eigenvalue weighted by molar-refractivity contribution is -0.115. The van der Waals surface area contributed by atoms with Gasteiger partial charge in [-0.15, -0.1) is 11.8 Å². The van der Waals surface area contributed by atoms with Gasteiger partial charge in [0, 0.05) is 22.5 Å². The molecule has 0 radical (unpaired) electrons. The normalized spacial score (nSPS) is 14.1. The number of benzene rings is 2. The van der Waals surface area contributed by atoms with E-state index >= 15 is 0 Å². The van der Waals surface area contributed by atoms with E-state index in [-0.39, 0.29) is 11.2 Å². The van der Waals surface area contributed by atoms with Crippen LogP contribution in [0.1, 0.15) is 12.5 Å². The fourth-order valence-corrected chi connectivity index (χ4v) is 3.21. The molecule has 0 spiro atoms. The highest BCUT2D eigenvalue weighted by molar-refractivity contribution is 7.99. The molecule has 2 aromatic rings. The monoisotopic (exact) mass is 363 g/mol.